The fraction of sp³-hybridized carbons (Fsp3) is 0.306. The molecule has 118 heavy (non-hydrogen) atoms. The van der Waals surface area contributed by atoms with Crippen LogP contribution in [0.1, 0.15) is 228 Å². The molecular weight excluding hydrogens is 1430 g/mol. The number of rotatable bonds is 0. The van der Waals surface area contributed by atoms with Crippen molar-refractivity contribution in [1.82, 2.24) is 34.9 Å². The number of benzene rings is 7. The van der Waals surface area contributed by atoms with Gasteiger partial charge in [0.15, 0.2) is 0 Å². The Kier molecular flexibility index (Phi) is 22.3. The Bertz CT molecular complexity index is 6520. The average Bonchev–Trinajstić information content (AvgIpc) is 1.62. The first-order chi connectivity index (χ1) is 56.2. The van der Waals surface area contributed by atoms with Gasteiger partial charge in [-0.05, 0) is 452 Å². The molecule has 0 unspecified atom stereocenters. The summed E-state index contributed by atoms with van der Waals surface area (Å²) in [5.74, 6) is 0. The molecule has 0 spiro atoms. The van der Waals surface area contributed by atoms with Crippen LogP contribution in [-0.2, 0) is 44.9 Å². The minimum atomic E-state index is 1.05. The van der Waals surface area contributed by atoms with E-state index in [1.807, 2.05) is 37.1 Å². The summed E-state index contributed by atoms with van der Waals surface area (Å²) in [7, 11) is 0. The second-order valence-electron chi connectivity index (χ2n) is 35.4. The lowest BCUT2D eigenvalue weighted by Gasteiger charge is -2.15. The first kappa shape index (κ1) is 81.7. The molecular formula is C111H117N7. The lowest BCUT2D eigenvalue weighted by molar-refractivity contribution is 1.14. The van der Waals surface area contributed by atoms with Crippen LogP contribution in [0.4, 0.5) is 0 Å². The monoisotopic (exact) mass is 1550 g/mol. The molecule has 0 bridgehead atoms. The number of aromatic nitrogens is 7. The van der Waals surface area contributed by atoms with Crippen LogP contribution in [0.25, 0.3) is 78.8 Å². The lowest BCUT2D eigenvalue weighted by atomic mass is 9.90. The molecule has 0 aliphatic heterocycles. The molecule has 0 saturated heterocycles. The molecule has 21 rings (SSSR count). The van der Waals surface area contributed by atoms with Crippen molar-refractivity contribution in [2.45, 2.75) is 232 Å². The van der Waals surface area contributed by atoms with Gasteiger partial charge >= 0.3 is 0 Å². The van der Waals surface area contributed by atoms with E-state index in [4.69, 9.17) is 9.97 Å². The van der Waals surface area contributed by atoms with Crippen LogP contribution in [0.15, 0.2) is 134 Å². The zero-order valence-corrected chi connectivity index (χ0v) is 75.3. The zero-order valence-electron chi connectivity index (χ0n) is 75.3. The summed E-state index contributed by atoms with van der Waals surface area (Å²) >= 11 is 0. The predicted molar refractivity (Wildman–Crippen MR) is 495 cm³/mol. The van der Waals surface area contributed by atoms with Crippen molar-refractivity contribution in [3.05, 3.63) is 362 Å². The van der Waals surface area contributed by atoms with Crippen molar-refractivity contribution in [3.63, 3.8) is 0 Å². The van der Waals surface area contributed by atoms with Gasteiger partial charge in [0.25, 0.3) is 0 Å². The highest BCUT2D eigenvalue weighted by atomic mass is 14.7. The van der Waals surface area contributed by atoms with Gasteiger partial charge in [0, 0.05) is 126 Å². The molecule has 7 aliphatic carbocycles. The second-order valence-corrected chi connectivity index (χ2v) is 35.4. The molecule has 7 heterocycles. The largest absolute Gasteiger partial charge is 0.256 e. The van der Waals surface area contributed by atoms with Crippen LogP contribution < -0.4 is 0 Å². The molecule has 7 aliphatic rings. The van der Waals surface area contributed by atoms with Crippen molar-refractivity contribution in [2.75, 3.05) is 0 Å². The van der Waals surface area contributed by atoms with Crippen LogP contribution in [0.5, 0.6) is 0 Å². The van der Waals surface area contributed by atoms with Gasteiger partial charge in [-0.15, -0.1) is 0 Å². The summed E-state index contributed by atoms with van der Waals surface area (Å²) < 4.78 is 0. The fourth-order valence-corrected chi connectivity index (χ4v) is 19.5. The van der Waals surface area contributed by atoms with E-state index in [2.05, 4.69) is 309 Å². The summed E-state index contributed by atoms with van der Waals surface area (Å²) in [5, 5.41) is 0. The number of nitrogens with zero attached hydrogens (tertiary/aromatic N) is 7. The standard InChI is InChI=1S/6C16H17N.C15H15N/c1-9-5-13-7-14-12(4)11(3)10(2)6-15(14)16(13)17-8-9;1-9-5-13-7-14-12(4)10(2)6-11(3)15(14)16(13)17-8-9;1-9-7-10(2)15-14(12(9)4)8-13-6-5-11(3)17-16(13)15;1-9-7-15-14(12(4)11(9)3)8-13-6-5-10(2)17-16(13)15;1-9-5-6-17-16-13(9)8-14-12(4)11(3)10(2)7-15(14)16;1-9-10(2)12(4)15-14(11(9)3)8-13-6-5-7-17-16(13)15;1-9-4-5-12-14(11(9)3)8-13-10(2)6-7-16-15(12)13/h2*5-6,8H,7H2,1-4H3;4*5-7H,8H2,1-4H3;4-7H,8H2,1-3H3. The van der Waals surface area contributed by atoms with Crippen LogP contribution >= 0.6 is 0 Å². The summed E-state index contributed by atoms with van der Waals surface area (Å²) in [6, 6.07) is 37.6. The average molecular weight is 1550 g/mol. The molecule has 7 heteroatoms. The predicted octanol–water partition coefficient (Wildman–Crippen LogP) is 26.9. The second kappa shape index (κ2) is 32.1. The van der Waals surface area contributed by atoms with Crippen LogP contribution in [0, 0.1) is 187 Å². The smallest absolute Gasteiger partial charge is 0.0746 e. The van der Waals surface area contributed by atoms with Crippen molar-refractivity contribution in [1.29, 1.82) is 0 Å². The molecule has 0 radical (unpaired) electrons. The summed E-state index contributed by atoms with van der Waals surface area (Å²) in [5.41, 5.74) is 75.0. The quantitative estimate of drug-likeness (QED) is 0.149. The van der Waals surface area contributed by atoms with Gasteiger partial charge in [0.1, 0.15) is 0 Å². The first-order valence-corrected chi connectivity index (χ1v) is 42.6. The van der Waals surface area contributed by atoms with Crippen LogP contribution in [0.2, 0.25) is 0 Å². The lowest BCUT2D eigenvalue weighted by Crippen LogP contribution is -1.98. The highest BCUT2D eigenvalue weighted by Gasteiger charge is 2.31. The molecule has 0 amide bonds. The minimum absolute atomic E-state index is 1.05. The third-order valence-corrected chi connectivity index (χ3v) is 28.1. The van der Waals surface area contributed by atoms with Gasteiger partial charge in [-0.25, -0.2) is 0 Å². The molecule has 7 nitrogen and oxygen atoms in total. The molecule has 596 valence electrons. The molecule has 7 aromatic heterocycles. The third-order valence-electron chi connectivity index (χ3n) is 28.1. The Morgan fingerprint density at radius 2 is 0.559 bits per heavy atom. The number of hydrogen-bond acceptors (Lipinski definition) is 7. The highest BCUT2D eigenvalue weighted by Crippen LogP contribution is 2.48. The first-order valence-electron chi connectivity index (χ1n) is 42.6. The Morgan fingerprint density at radius 3 is 1.10 bits per heavy atom. The zero-order chi connectivity index (χ0) is 84.2. The van der Waals surface area contributed by atoms with E-state index < -0.39 is 0 Å². The fourth-order valence-electron chi connectivity index (χ4n) is 19.5. The van der Waals surface area contributed by atoms with E-state index in [9.17, 15) is 0 Å². The van der Waals surface area contributed by atoms with Crippen molar-refractivity contribution >= 4 is 0 Å². The Labute approximate surface area is 703 Å². The van der Waals surface area contributed by atoms with E-state index in [-0.39, 0.29) is 0 Å². The van der Waals surface area contributed by atoms with Crippen molar-refractivity contribution in [3.8, 4) is 78.8 Å². The van der Waals surface area contributed by atoms with Crippen molar-refractivity contribution in [2.24, 2.45) is 0 Å². The van der Waals surface area contributed by atoms with Gasteiger partial charge < -0.3 is 0 Å². The highest BCUT2D eigenvalue weighted by molar-refractivity contribution is 5.84. The summed E-state index contributed by atoms with van der Waals surface area (Å²) in [6.45, 7) is 59.2. The maximum Gasteiger partial charge on any atom is 0.0746 e. The SMILES string of the molecule is Cc1c(C)c(C)c2c(c1C)Cc1cccnc1-2.Cc1cc2c(c(C)c1C)Cc1c(C)ccnc1-2.Cc1ccc2c(c1C)Cc1c(C)ccnc1-2.Cc1ccc2c(n1)-c1c(C)cc(C)c(C)c1C2.Cc1ccc2c(n1)-c1cc(C)c(C)c(C)c1C2.Cc1cnc2c(c1)Cc1c(C)c(C)cc(C)c1-2.Cc1cnc2c(c1)Cc1c-2cc(C)c(C)c1C. The van der Waals surface area contributed by atoms with Crippen LogP contribution in [-0.4, -0.2) is 34.9 Å². The van der Waals surface area contributed by atoms with E-state index in [0.29, 0.717) is 0 Å². The molecule has 0 N–H and O–H groups in total. The topological polar surface area (TPSA) is 90.2 Å². The van der Waals surface area contributed by atoms with Gasteiger partial charge in [-0.3, -0.25) is 34.9 Å². The molecule has 0 fully saturated rings. The normalized spacial score (nSPS) is 12.5. The molecule has 7 aromatic carbocycles. The Morgan fingerprint density at radius 1 is 0.195 bits per heavy atom. The van der Waals surface area contributed by atoms with Gasteiger partial charge in [0.05, 0.1) is 39.9 Å². The van der Waals surface area contributed by atoms with E-state index in [1.165, 1.54) is 296 Å². The van der Waals surface area contributed by atoms with Gasteiger partial charge in [0.2, 0.25) is 0 Å². The van der Waals surface area contributed by atoms with Crippen LogP contribution in [0.3, 0.4) is 0 Å². The Hall–Kier alpha value is -11.4. The van der Waals surface area contributed by atoms with E-state index in [1.54, 1.807) is 0 Å². The van der Waals surface area contributed by atoms with E-state index >= 15 is 0 Å². The number of hydrogen-bond donors (Lipinski definition) is 0. The van der Waals surface area contributed by atoms with Gasteiger partial charge in [-0.2, -0.15) is 0 Å². The number of aryl methyl sites for hydroxylation is 14. The summed E-state index contributed by atoms with van der Waals surface area (Å²) in [6.07, 6.45) is 17.0. The summed E-state index contributed by atoms with van der Waals surface area (Å²) in [4.78, 5) is 32.4. The molecule has 14 aromatic rings. The number of pyridine rings is 7. The molecule has 0 saturated carbocycles. The van der Waals surface area contributed by atoms with Crippen molar-refractivity contribution < 1.29 is 0 Å². The third kappa shape index (κ3) is 14.7. The minimum Gasteiger partial charge on any atom is -0.256 e. The molecule has 0 atom stereocenters. The Balaban J connectivity index is 0.000000108. The van der Waals surface area contributed by atoms with E-state index in [0.717, 1.165) is 56.3 Å². The van der Waals surface area contributed by atoms with Gasteiger partial charge in [-0.1, -0.05) is 54.6 Å². The maximum absolute atomic E-state index is 4.73. The maximum atomic E-state index is 4.73. The number of fused-ring (bicyclic) bond motifs is 21.